The van der Waals surface area contributed by atoms with E-state index >= 15 is 0 Å². The lowest BCUT2D eigenvalue weighted by molar-refractivity contribution is -0.142. The summed E-state index contributed by atoms with van der Waals surface area (Å²) in [5.74, 6) is -3.15. The van der Waals surface area contributed by atoms with Crippen LogP contribution in [0.3, 0.4) is 0 Å². The number of carboxylic acids is 1. The maximum atomic E-state index is 12.7. The molecule has 2 aromatic rings. The zero-order valence-electron chi connectivity index (χ0n) is 14.1. The van der Waals surface area contributed by atoms with Gasteiger partial charge in [-0.25, -0.2) is 0 Å². The minimum atomic E-state index is -1.10. The van der Waals surface area contributed by atoms with E-state index in [0.717, 1.165) is 4.90 Å². The molecule has 138 valence electrons. The molecule has 0 aromatic heterocycles. The molecule has 0 spiro atoms. The predicted octanol–water partition coefficient (Wildman–Crippen LogP) is 3.24. The molecule has 0 bridgehead atoms. The van der Waals surface area contributed by atoms with Gasteiger partial charge in [-0.1, -0.05) is 60.1 Å². The fourth-order valence-electron chi connectivity index (χ4n) is 3.10. The second kappa shape index (κ2) is 7.63. The van der Waals surface area contributed by atoms with Crippen molar-refractivity contribution in [1.82, 2.24) is 4.90 Å². The third-order valence-corrected chi connectivity index (χ3v) is 4.70. The number of benzene rings is 2. The summed E-state index contributed by atoms with van der Waals surface area (Å²) < 4.78 is 0. The summed E-state index contributed by atoms with van der Waals surface area (Å²) in [7, 11) is 0. The Morgan fingerprint density at radius 1 is 1.00 bits per heavy atom. The highest BCUT2D eigenvalue weighted by Gasteiger charge is 2.46. The quantitative estimate of drug-likeness (QED) is 0.468. The standard InChI is InChI=1S/C20H16ClNO5/c21-14-9-5-4-8-13(14)17-16(18(25)12-6-2-1-3-7-12)19(26)20(27)22(17)11-10-15(23)24/h1-9,17,25H,10-11H2,(H,23,24)/t17-/m0/s1. The Kier molecular flexibility index (Phi) is 5.28. The number of hydrogen-bond acceptors (Lipinski definition) is 4. The van der Waals surface area contributed by atoms with E-state index in [-0.39, 0.29) is 24.3 Å². The summed E-state index contributed by atoms with van der Waals surface area (Å²) in [4.78, 5) is 37.4. The molecule has 1 aliphatic heterocycles. The molecule has 7 heteroatoms. The minimum Gasteiger partial charge on any atom is -0.507 e. The fourth-order valence-corrected chi connectivity index (χ4v) is 3.34. The van der Waals surface area contributed by atoms with Gasteiger partial charge in [-0.05, 0) is 11.6 Å². The maximum Gasteiger partial charge on any atom is 0.305 e. The molecule has 2 N–H and O–H groups in total. The van der Waals surface area contributed by atoms with Gasteiger partial charge < -0.3 is 15.1 Å². The fraction of sp³-hybridized carbons (Fsp3) is 0.150. The van der Waals surface area contributed by atoms with Crippen molar-refractivity contribution in [1.29, 1.82) is 0 Å². The van der Waals surface area contributed by atoms with Crippen LogP contribution in [0.15, 0.2) is 60.2 Å². The van der Waals surface area contributed by atoms with E-state index in [1.807, 2.05) is 0 Å². The molecule has 6 nitrogen and oxygen atoms in total. The van der Waals surface area contributed by atoms with Gasteiger partial charge in [0.25, 0.3) is 11.7 Å². The molecular formula is C20H16ClNO5. The van der Waals surface area contributed by atoms with Crippen LogP contribution in [0.1, 0.15) is 23.6 Å². The summed E-state index contributed by atoms with van der Waals surface area (Å²) in [6.07, 6.45) is -0.334. The molecule has 1 fully saturated rings. The Morgan fingerprint density at radius 2 is 1.63 bits per heavy atom. The minimum absolute atomic E-state index is 0.107. The van der Waals surface area contributed by atoms with Crippen LogP contribution in [0.5, 0.6) is 0 Å². The highest BCUT2D eigenvalue weighted by molar-refractivity contribution is 6.47. The number of carbonyl (C=O) groups excluding carboxylic acids is 2. The van der Waals surface area contributed by atoms with E-state index in [1.165, 1.54) is 0 Å². The molecular weight excluding hydrogens is 370 g/mol. The Bertz CT molecular complexity index is 938. The number of amides is 1. The van der Waals surface area contributed by atoms with Crippen molar-refractivity contribution in [2.75, 3.05) is 6.54 Å². The van der Waals surface area contributed by atoms with Crippen molar-refractivity contribution < 1.29 is 24.6 Å². The van der Waals surface area contributed by atoms with Crippen LogP contribution in [-0.2, 0) is 14.4 Å². The Labute approximate surface area is 160 Å². The molecule has 0 aliphatic carbocycles. The third-order valence-electron chi connectivity index (χ3n) is 4.35. The van der Waals surface area contributed by atoms with E-state index in [0.29, 0.717) is 16.1 Å². The van der Waals surface area contributed by atoms with Crippen LogP contribution in [0.4, 0.5) is 0 Å². The summed E-state index contributed by atoms with van der Waals surface area (Å²) in [6, 6.07) is 14.1. The second-order valence-corrected chi connectivity index (χ2v) is 6.43. The van der Waals surface area contributed by atoms with Gasteiger partial charge in [0, 0.05) is 17.1 Å². The number of rotatable bonds is 5. The van der Waals surface area contributed by atoms with Crippen LogP contribution >= 0.6 is 11.6 Å². The van der Waals surface area contributed by atoms with Gasteiger partial charge in [0.15, 0.2) is 0 Å². The lowest BCUT2D eigenvalue weighted by Gasteiger charge is -2.25. The molecule has 27 heavy (non-hydrogen) atoms. The first-order valence-corrected chi connectivity index (χ1v) is 8.59. The van der Waals surface area contributed by atoms with Gasteiger partial charge in [0.1, 0.15) is 5.76 Å². The van der Waals surface area contributed by atoms with Crippen molar-refractivity contribution in [3.8, 4) is 0 Å². The average molecular weight is 386 g/mol. The van der Waals surface area contributed by atoms with Gasteiger partial charge in [-0.3, -0.25) is 14.4 Å². The number of nitrogens with zero attached hydrogens (tertiary/aromatic N) is 1. The van der Waals surface area contributed by atoms with E-state index in [4.69, 9.17) is 16.7 Å². The van der Waals surface area contributed by atoms with Gasteiger partial charge in [0.05, 0.1) is 18.0 Å². The Morgan fingerprint density at radius 3 is 2.26 bits per heavy atom. The van der Waals surface area contributed by atoms with Crippen molar-refractivity contribution in [3.63, 3.8) is 0 Å². The van der Waals surface area contributed by atoms with Crippen LogP contribution < -0.4 is 0 Å². The first kappa shape index (κ1) is 18.7. The first-order chi connectivity index (χ1) is 12.9. The van der Waals surface area contributed by atoms with Crippen molar-refractivity contribution in [3.05, 3.63) is 76.3 Å². The zero-order chi connectivity index (χ0) is 19.6. The molecule has 0 unspecified atom stereocenters. The lowest BCUT2D eigenvalue weighted by Crippen LogP contribution is -2.32. The number of halogens is 1. The largest absolute Gasteiger partial charge is 0.507 e. The van der Waals surface area contributed by atoms with Gasteiger partial charge in [-0.15, -0.1) is 0 Å². The summed E-state index contributed by atoms with van der Waals surface area (Å²) in [5.41, 5.74) is 0.719. The van der Waals surface area contributed by atoms with Gasteiger partial charge >= 0.3 is 5.97 Å². The first-order valence-electron chi connectivity index (χ1n) is 8.22. The Hall–Kier alpha value is -3.12. The molecule has 1 saturated heterocycles. The smallest absolute Gasteiger partial charge is 0.305 e. The second-order valence-electron chi connectivity index (χ2n) is 6.02. The monoisotopic (exact) mass is 385 g/mol. The zero-order valence-corrected chi connectivity index (χ0v) is 14.9. The molecule has 3 rings (SSSR count). The van der Waals surface area contributed by atoms with E-state index in [1.54, 1.807) is 54.6 Å². The molecule has 1 heterocycles. The number of aliphatic hydroxyl groups is 1. The van der Waals surface area contributed by atoms with E-state index < -0.39 is 23.7 Å². The van der Waals surface area contributed by atoms with Crippen LogP contribution in [0, 0.1) is 0 Å². The molecule has 2 aromatic carbocycles. The molecule has 1 atom stereocenters. The Balaban J connectivity index is 2.18. The predicted molar refractivity (Wildman–Crippen MR) is 99.2 cm³/mol. The van der Waals surface area contributed by atoms with Gasteiger partial charge in [0.2, 0.25) is 0 Å². The van der Waals surface area contributed by atoms with Crippen LogP contribution in [-0.4, -0.2) is 39.3 Å². The summed E-state index contributed by atoms with van der Waals surface area (Å²) in [5, 5.41) is 20.0. The average Bonchev–Trinajstić information content (AvgIpc) is 2.91. The number of carboxylic acid groups (broad SMARTS) is 1. The van der Waals surface area contributed by atoms with Crippen LogP contribution in [0.25, 0.3) is 5.76 Å². The molecule has 1 amide bonds. The van der Waals surface area contributed by atoms with E-state index in [2.05, 4.69) is 0 Å². The maximum absolute atomic E-state index is 12.7. The number of aliphatic carboxylic acids is 1. The normalized spacial score (nSPS) is 18.7. The number of hydrogen-bond donors (Lipinski definition) is 2. The van der Waals surface area contributed by atoms with E-state index in [9.17, 15) is 19.5 Å². The third kappa shape index (κ3) is 3.57. The topological polar surface area (TPSA) is 94.9 Å². The molecule has 0 radical (unpaired) electrons. The SMILES string of the molecule is O=C(O)CCN1C(=O)C(=O)C(=C(O)c2ccccc2)[C@@H]1c1ccccc1Cl. The molecule has 1 aliphatic rings. The number of ketones is 1. The van der Waals surface area contributed by atoms with Crippen molar-refractivity contribution in [2.45, 2.75) is 12.5 Å². The number of carbonyl (C=O) groups is 3. The van der Waals surface area contributed by atoms with Crippen LogP contribution in [0.2, 0.25) is 5.02 Å². The summed E-state index contributed by atoms with van der Waals surface area (Å²) >= 11 is 6.27. The van der Waals surface area contributed by atoms with Gasteiger partial charge in [-0.2, -0.15) is 0 Å². The highest BCUT2D eigenvalue weighted by Crippen LogP contribution is 2.41. The highest BCUT2D eigenvalue weighted by atomic mass is 35.5. The molecule has 0 saturated carbocycles. The number of Topliss-reactive ketones (excluding diaryl/α,β-unsaturated/α-hetero) is 1. The van der Waals surface area contributed by atoms with Crippen molar-refractivity contribution >= 4 is 35.0 Å². The number of likely N-dealkylation sites (tertiary alicyclic amines) is 1. The lowest BCUT2D eigenvalue weighted by atomic mass is 9.95. The summed E-state index contributed by atoms with van der Waals surface area (Å²) in [6.45, 7) is -0.179. The van der Waals surface area contributed by atoms with Crippen molar-refractivity contribution in [2.24, 2.45) is 0 Å². The number of aliphatic hydroxyl groups excluding tert-OH is 1.